The number of anilines is 1. The standard InChI is InChI=1S/C16H19NO2S/c1-16(2,3)19-15(18)14-12(17-4)10-13(20-14)11-8-6-5-7-9-11/h5-10,17H,1-4H3. The van der Waals surface area contributed by atoms with Crippen LogP contribution in [-0.4, -0.2) is 18.6 Å². The van der Waals surface area contributed by atoms with Crippen molar-refractivity contribution < 1.29 is 9.53 Å². The molecule has 20 heavy (non-hydrogen) atoms. The van der Waals surface area contributed by atoms with E-state index in [1.807, 2.05) is 64.2 Å². The Kier molecular flexibility index (Phi) is 4.14. The number of ether oxygens (including phenoxy) is 1. The molecule has 1 N–H and O–H groups in total. The molecule has 0 saturated heterocycles. The normalized spacial score (nSPS) is 11.2. The SMILES string of the molecule is CNc1cc(-c2ccccc2)sc1C(=O)OC(C)(C)C. The lowest BCUT2D eigenvalue weighted by atomic mass is 10.2. The topological polar surface area (TPSA) is 38.3 Å². The van der Waals surface area contributed by atoms with Crippen LogP contribution in [-0.2, 0) is 4.74 Å². The third-order valence-corrected chi connectivity index (χ3v) is 3.81. The summed E-state index contributed by atoms with van der Waals surface area (Å²) in [6.45, 7) is 5.61. The molecule has 2 aromatic rings. The van der Waals surface area contributed by atoms with Gasteiger partial charge in [-0.2, -0.15) is 0 Å². The molecule has 1 heterocycles. The van der Waals surface area contributed by atoms with Crippen molar-refractivity contribution in [2.45, 2.75) is 26.4 Å². The van der Waals surface area contributed by atoms with Crippen LogP contribution in [0.5, 0.6) is 0 Å². The van der Waals surface area contributed by atoms with Crippen LogP contribution in [0.1, 0.15) is 30.4 Å². The van der Waals surface area contributed by atoms with Crippen molar-refractivity contribution >= 4 is 23.0 Å². The fourth-order valence-corrected chi connectivity index (χ4v) is 2.84. The summed E-state index contributed by atoms with van der Waals surface area (Å²) < 4.78 is 5.45. The van der Waals surface area contributed by atoms with E-state index in [1.165, 1.54) is 11.3 Å². The first-order valence-corrected chi connectivity index (χ1v) is 7.33. The second-order valence-electron chi connectivity index (χ2n) is 5.47. The molecule has 0 aliphatic rings. The third-order valence-electron chi connectivity index (χ3n) is 2.64. The van der Waals surface area contributed by atoms with E-state index in [9.17, 15) is 4.79 Å². The minimum absolute atomic E-state index is 0.283. The van der Waals surface area contributed by atoms with E-state index in [2.05, 4.69) is 5.32 Å². The molecule has 0 aliphatic carbocycles. The van der Waals surface area contributed by atoms with Crippen LogP contribution in [0.4, 0.5) is 5.69 Å². The third kappa shape index (κ3) is 3.39. The number of nitrogens with one attached hydrogen (secondary N) is 1. The monoisotopic (exact) mass is 289 g/mol. The van der Waals surface area contributed by atoms with Gasteiger partial charge in [-0.15, -0.1) is 11.3 Å². The van der Waals surface area contributed by atoms with Gasteiger partial charge in [-0.3, -0.25) is 0 Å². The quantitative estimate of drug-likeness (QED) is 0.850. The van der Waals surface area contributed by atoms with Gasteiger partial charge < -0.3 is 10.1 Å². The molecule has 2 rings (SSSR count). The first kappa shape index (κ1) is 14.6. The number of carbonyl (C=O) groups excluding carboxylic acids is 1. The molecule has 3 nitrogen and oxygen atoms in total. The average molecular weight is 289 g/mol. The van der Waals surface area contributed by atoms with Gasteiger partial charge in [0, 0.05) is 11.9 Å². The summed E-state index contributed by atoms with van der Waals surface area (Å²) in [6.07, 6.45) is 0. The summed E-state index contributed by atoms with van der Waals surface area (Å²) >= 11 is 1.45. The lowest BCUT2D eigenvalue weighted by Crippen LogP contribution is -2.23. The Labute approximate surface area is 123 Å². The van der Waals surface area contributed by atoms with Gasteiger partial charge in [0.1, 0.15) is 10.5 Å². The Morgan fingerprint density at radius 2 is 1.85 bits per heavy atom. The van der Waals surface area contributed by atoms with Gasteiger partial charge in [-0.1, -0.05) is 30.3 Å². The van der Waals surface area contributed by atoms with E-state index in [4.69, 9.17) is 4.74 Å². The smallest absolute Gasteiger partial charge is 0.350 e. The molecule has 4 heteroatoms. The number of rotatable bonds is 3. The Morgan fingerprint density at radius 1 is 1.20 bits per heavy atom. The van der Waals surface area contributed by atoms with E-state index in [0.29, 0.717) is 4.88 Å². The van der Waals surface area contributed by atoms with Gasteiger partial charge in [0.15, 0.2) is 0 Å². The predicted molar refractivity (Wildman–Crippen MR) is 84.5 cm³/mol. The second-order valence-corrected chi connectivity index (χ2v) is 6.52. The highest BCUT2D eigenvalue weighted by atomic mass is 32.1. The first-order valence-electron chi connectivity index (χ1n) is 6.51. The lowest BCUT2D eigenvalue weighted by Gasteiger charge is -2.19. The van der Waals surface area contributed by atoms with Crippen molar-refractivity contribution in [2.24, 2.45) is 0 Å². The molecule has 1 aromatic carbocycles. The maximum atomic E-state index is 12.2. The first-order chi connectivity index (χ1) is 9.40. The zero-order valence-electron chi connectivity index (χ0n) is 12.2. The minimum Gasteiger partial charge on any atom is -0.456 e. The van der Waals surface area contributed by atoms with Crippen molar-refractivity contribution in [1.82, 2.24) is 0 Å². The Bertz CT molecular complexity index is 597. The number of thiophene rings is 1. The molecule has 0 fully saturated rings. The van der Waals surface area contributed by atoms with Gasteiger partial charge in [0.25, 0.3) is 0 Å². The number of benzene rings is 1. The van der Waals surface area contributed by atoms with Gasteiger partial charge in [0.2, 0.25) is 0 Å². The number of hydrogen-bond donors (Lipinski definition) is 1. The van der Waals surface area contributed by atoms with E-state index in [0.717, 1.165) is 16.1 Å². The molecular formula is C16H19NO2S. The highest BCUT2D eigenvalue weighted by Crippen LogP contribution is 2.35. The predicted octanol–water partition coefficient (Wildman–Crippen LogP) is 4.41. The largest absolute Gasteiger partial charge is 0.456 e. The van der Waals surface area contributed by atoms with E-state index in [-0.39, 0.29) is 5.97 Å². The van der Waals surface area contributed by atoms with Gasteiger partial charge in [-0.05, 0) is 32.4 Å². The molecule has 0 saturated carbocycles. The summed E-state index contributed by atoms with van der Waals surface area (Å²) in [7, 11) is 1.81. The zero-order valence-corrected chi connectivity index (χ0v) is 13.0. The van der Waals surface area contributed by atoms with Crippen molar-refractivity contribution in [3.63, 3.8) is 0 Å². The van der Waals surface area contributed by atoms with Crippen molar-refractivity contribution in [1.29, 1.82) is 0 Å². The van der Waals surface area contributed by atoms with Gasteiger partial charge in [-0.25, -0.2) is 4.79 Å². The second kappa shape index (κ2) is 5.67. The van der Waals surface area contributed by atoms with Crippen LogP contribution in [0.3, 0.4) is 0 Å². The Morgan fingerprint density at radius 3 is 2.40 bits per heavy atom. The molecule has 0 amide bonds. The van der Waals surface area contributed by atoms with Crippen LogP contribution in [0.2, 0.25) is 0 Å². The fraction of sp³-hybridized carbons (Fsp3) is 0.312. The molecule has 106 valence electrons. The van der Waals surface area contributed by atoms with Crippen LogP contribution in [0.25, 0.3) is 10.4 Å². The number of esters is 1. The summed E-state index contributed by atoms with van der Waals surface area (Å²) in [5.41, 5.74) is 1.42. The molecule has 0 radical (unpaired) electrons. The van der Waals surface area contributed by atoms with Crippen molar-refractivity contribution in [3.05, 3.63) is 41.3 Å². The molecule has 0 unspecified atom stereocenters. The summed E-state index contributed by atoms with van der Waals surface area (Å²) in [6, 6.07) is 12.0. The molecule has 1 aromatic heterocycles. The van der Waals surface area contributed by atoms with E-state index < -0.39 is 5.60 Å². The van der Waals surface area contributed by atoms with Crippen molar-refractivity contribution in [2.75, 3.05) is 12.4 Å². The van der Waals surface area contributed by atoms with Gasteiger partial charge in [0.05, 0.1) is 5.69 Å². The van der Waals surface area contributed by atoms with Crippen LogP contribution in [0.15, 0.2) is 36.4 Å². The number of carbonyl (C=O) groups is 1. The molecule has 0 aliphatic heterocycles. The number of hydrogen-bond acceptors (Lipinski definition) is 4. The molecule has 0 bridgehead atoms. The van der Waals surface area contributed by atoms with Crippen LogP contribution in [0, 0.1) is 0 Å². The van der Waals surface area contributed by atoms with E-state index >= 15 is 0 Å². The fourth-order valence-electron chi connectivity index (χ4n) is 1.80. The van der Waals surface area contributed by atoms with E-state index in [1.54, 1.807) is 0 Å². The lowest BCUT2D eigenvalue weighted by molar-refractivity contribution is 0.00763. The van der Waals surface area contributed by atoms with Crippen LogP contribution < -0.4 is 5.32 Å². The molecule has 0 spiro atoms. The Hall–Kier alpha value is -1.81. The average Bonchev–Trinajstić information content (AvgIpc) is 2.82. The van der Waals surface area contributed by atoms with Gasteiger partial charge >= 0.3 is 5.97 Å². The Balaban J connectivity index is 2.35. The maximum absolute atomic E-state index is 12.2. The summed E-state index contributed by atoms with van der Waals surface area (Å²) in [4.78, 5) is 13.9. The van der Waals surface area contributed by atoms with Crippen molar-refractivity contribution in [3.8, 4) is 10.4 Å². The summed E-state index contributed by atoms with van der Waals surface area (Å²) in [5.74, 6) is -0.283. The summed E-state index contributed by atoms with van der Waals surface area (Å²) in [5, 5.41) is 3.06. The maximum Gasteiger partial charge on any atom is 0.350 e. The van der Waals surface area contributed by atoms with Crippen LogP contribution >= 0.6 is 11.3 Å². The zero-order chi connectivity index (χ0) is 14.8. The highest BCUT2D eigenvalue weighted by Gasteiger charge is 2.23. The molecular weight excluding hydrogens is 270 g/mol. The highest BCUT2D eigenvalue weighted by molar-refractivity contribution is 7.18. The molecule has 0 atom stereocenters. The minimum atomic E-state index is -0.487.